The third-order valence-electron chi connectivity index (χ3n) is 8.10. The van der Waals surface area contributed by atoms with Crippen LogP contribution in [0.5, 0.6) is 0 Å². The van der Waals surface area contributed by atoms with Gasteiger partial charge in [-0.05, 0) is 55.3 Å². The topological polar surface area (TPSA) is 146 Å². The van der Waals surface area contributed by atoms with E-state index in [2.05, 4.69) is 16.3 Å². The highest BCUT2D eigenvalue weighted by molar-refractivity contribution is 7.94. The summed E-state index contributed by atoms with van der Waals surface area (Å²) in [5, 5.41) is 3.64. The van der Waals surface area contributed by atoms with Crippen LogP contribution in [-0.2, 0) is 48.7 Å². The number of ether oxygens (including phenoxy) is 2. The summed E-state index contributed by atoms with van der Waals surface area (Å²) in [6.07, 6.45) is 3.16. The highest BCUT2D eigenvalue weighted by Gasteiger charge is 2.37. The number of nitrogens with one attached hydrogen (secondary N) is 1. The zero-order chi connectivity index (χ0) is 35.6. The van der Waals surface area contributed by atoms with Crippen molar-refractivity contribution in [1.29, 1.82) is 0 Å². The highest BCUT2D eigenvalue weighted by Crippen LogP contribution is 2.36. The van der Waals surface area contributed by atoms with Gasteiger partial charge >= 0.3 is 11.9 Å². The third-order valence-corrected chi connectivity index (χ3v) is 9.46. The summed E-state index contributed by atoms with van der Waals surface area (Å²) in [5.74, 6) is -2.41. The summed E-state index contributed by atoms with van der Waals surface area (Å²) in [7, 11) is -4.27. The Balaban J connectivity index is 1.27. The fourth-order valence-electron chi connectivity index (χ4n) is 5.72. The van der Waals surface area contributed by atoms with E-state index in [4.69, 9.17) is 14.5 Å². The monoisotopic (exact) mass is 696 g/mol. The number of carbonyl (C=O) groups excluding carboxylic acids is 2. The van der Waals surface area contributed by atoms with Crippen molar-refractivity contribution in [3.63, 3.8) is 0 Å². The Morgan fingerprint density at radius 3 is 2.66 bits per heavy atom. The molecule has 2 aliphatic rings. The van der Waals surface area contributed by atoms with Crippen molar-refractivity contribution in [1.82, 2.24) is 14.9 Å². The molecule has 0 saturated carbocycles. The minimum atomic E-state index is -4.27. The van der Waals surface area contributed by atoms with Crippen LogP contribution in [0, 0.1) is 5.82 Å². The van der Waals surface area contributed by atoms with E-state index in [1.54, 1.807) is 24.5 Å². The van der Waals surface area contributed by atoms with Crippen molar-refractivity contribution in [2.75, 3.05) is 6.54 Å². The van der Waals surface area contributed by atoms with Crippen LogP contribution in [0.4, 0.5) is 4.39 Å². The SMILES string of the molecule is C=C(C)/C=C\C(=C/CC)S(=O)(=O)/N=C(\Cc1ccc(F)cc1)NCC(=O)OC1C(=O)OCc2c1cc1n(c2=O)Cc2cc3ccccc3nc2-1. The molecule has 6 rings (SSSR count). The van der Waals surface area contributed by atoms with Crippen molar-refractivity contribution >= 4 is 38.7 Å². The van der Waals surface area contributed by atoms with Crippen molar-refractivity contribution < 1.29 is 31.9 Å². The molecule has 0 aliphatic carbocycles. The number of rotatable bonds is 10. The third kappa shape index (κ3) is 7.18. The number of carbonyl (C=O) groups is 2. The largest absolute Gasteiger partial charge is 0.458 e. The number of para-hydroxylation sites is 1. The van der Waals surface area contributed by atoms with Crippen molar-refractivity contribution in [2.24, 2.45) is 4.40 Å². The number of hydrogen-bond donors (Lipinski definition) is 1. The zero-order valence-corrected chi connectivity index (χ0v) is 28.1. The summed E-state index contributed by atoms with van der Waals surface area (Å²) in [4.78, 5) is 44.5. The molecule has 0 fully saturated rings. The number of allylic oxidation sites excluding steroid dienone is 4. The van der Waals surface area contributed by atoms with Gasteiger partial charge < -0.3 is 19.4 Å². The molecule has 50 heavy (non-hydrogen) atoms. The molecule has 11 nitrogen and oxygen atoms in total. The average molecular weight is 697 g/mol. The first-order valence-corrected chi connectivity index (χ1v) is 17.2. The summed E-state index contributed by atoms with van der Waals surface area (Å²) in [5.41, 5.74) is 3.77. The molecule has 2 aromatic carbocycles. The minimum Gasteiger partial charge on any atom is -0.458 e. The molecule has 2 aliphatic heterocycles. The lowest BCUT2D eigenvalue weighted by Gasteiger charge is -2.25. The molecule has 0 amide bonds. The number of esters is 2. The number of benzene rings is 2. The predicted molar refractivity (Wildman–Crippen MR) is 186 cm³/mol. The van der Waals surface area contributed by atoms with E-state index in [0.717, 1.165) is 16.5 Å². The van der Waals surface area contributed by atoms with E-state index in [-0.39, 0.29) is 47.0 Å². The lowest BCUT2D eigenvalue weighted by molar-refractivity contribution is -0.171. The fourth-order valence-corrected chi connectivity index (χ4v) is 6.86. The number of cyclic esters (lactones) is 1. The van der Waals surface area contributed by atoms with Gasteiger partial charge in [-0.2, -0.15) is 8.42 Å². The van der Waals surface area contributed by atoms with Crippen molar-refractivity contribution in [2.45, 2.75) is 45.9 Å². The lowest BCUT2D eigenvalue weighted by Crippen LogP contribution is -2.37. The van der Waals surface area contributed by atoms with Crippen LogP contribution in [0.2, 0.25) is 0 Å². The Morgan fingerprint density at radius 1 is 1.16 bits per heavy atom. The van der Waals surface area contributed by atoms with Crippen LogP contribution in [0.15, 0.2) is 105 Å². The summed E-state index contributed by atoms with van der Waals surface area (Å²) in [6.45, 7) is 6.65. The van der Waals surface area contributed by atoms with Gasteiger partial charge in [-0.1, -0.05) is 61.6 Å². The van der Waals surface area contributed by atoms with Gasteiger partial charge in [0.15, 0.2) is 0 Å². The van der Waals surface area contributed by atoms with Gasteiger partial charge in [-0.3, -0.25) is 9.59 Å². The van der Waals surface area contributed by atoms with Crippen LogP contribution >= 0.6 is 0 Å². The molecule has 4 aromatic rings. The molecule has 0 saturated heterocycles. The number of hydrogen-bond acceptors (Lipinski definition) is 8. The Kier molecular flexibility index (Phi) is 9.60. The minimum absolute atomic E-state index is 0.0755. The number of amidine groups is 1. The molecule has 256 valence electrons. The van der Waals surface area contributed by atoms with E-state index < -0.39 is 40.4 Å². The van der Waals surface area contributed by atoms with Crippen LogP contribution in [0.25, 0.3) is 22.3 Å². The molecule has 0 spiro atoms. The van der Waals surface area contributed by atoms with Gasteiger partial charge in [-0.25, -0.2) is 14.2 Å². The fraction of sp³-hybridized carbons (Fsp3) is 0.216. The summed E-state index contributed by atoms with van der Waals surface area (Å²) in [6, 6.07) is 16.5. The van der Waals surface area contributed by atoms with Crippen LogP contribution in [0.3, 0.4) is 0 Å². The second-order valence-corrected chi connectivity index (χ2v) is 13.5. The zero-order valence-electron chi connectivity index (χ0n) is 27.3. The predicted octanol–water partition coefficient (Wildman–Crippen LogP) is 5.19. The first-order chi connectivity index (χ1) is 23.9. The molecule has 1 atom stereocenters. The van der Waals surface area contributed by atoms with Crippen molar-refractivity contribution in [3.8, 4) is 11.4 Å². The number of pyridine rings is 2. The second kappa shape index (κ2) is 14.0. The summed E-state index contributed by atoms with van der Waals surface area (Å²) >= 11 is 0. The normalized spacial score (nSPS) is 15.7. The molecule has 2 aromatic heterocycles. The Morgan fingerprint density at radius 2 is 1.92 bits per heavy atom. The standard InChI is InChI=1S/C37H33FN4O7S/c1-4-7-27(15-10-22(2)3)50(46,47)41-32(16-23-11-13-26(38)14-12-23)39-19-33(43)49-35-28-18-31-34-25(17-24-8-5-6-9-30(24)40-34)20-42(31)36(44)29(28)21-48-37(35)45/h5-15,17-18,35H,2,4,16,19-21H2,1,3H3,(H,39,41)/b15-10-,27-7+. The smallest absolute Gasteiger partial charge is 0.352 e. The first-order valence-electron chi connectivity index (χ1n) is 15.8. The highest BCUT2D eigenvalue weighted by atomic mass is 32.2. The Labute approximate surface area is 287 Å². The number of halogens is 1. The van der Waals surface area contributed by atoms with Gasteiger partial charge in [-0.15, -0.1) is 4.40 Å². The Bertz CT molecular complexity index is 2310. The number of nitrogens with zero attached hydrogens (tertiary/aromatic N) is 3. The van der Waals surface area contributed by atoms with E-state index in [9.17, 15) is 27.2 Å². The maximum absolute atomic E-state index is 13.6. The molecule has 1 N–H and O–H groups in total. The maximum Gasteiger partial charge on any atom is 0.352 e. The lowest BCUT2D eigenvalue weighted by atomic mass is 10.00. The van der Waals surface area contributed by atoms with Gasteiger partial charge in [0.2, 0.25) is 6.10 Å². The second-order valence-electron chi connectivity index (χ2n) is 11.9. The number of sulfonamides is 1. The average Bonchev–Trinajstić information content (AvgIpc) is 3.44. The first kappa shape index (κ1) is 34.2. The van der Waals surface area contributed by atoms with Crippen LogP contribution in [0.1, 0.15) is 48.6 Å². The van der Waals surface area contributed by atoms with Crippen molar-refractivity contribution in [3.05, 3.63) is 134 Å². The maximum atomic E-state index is 13.6. The molecule has 0 bridgehead atoms. The van der Waals surface area contributed by atoms with Gasteiger partial charge in [0.05, 0.1) is 33.9 Å². The van der Waals surface area contributed by atoms with E-state index in [1.165, 1.54) is 42.5 Å². The Hall–Kier alpha value is -5.69. The molecule has 0 radical (unpaired) electrons. The van der Waals surface area contributed by atoms with E-state index in [0.29, 0.717) is 28.9 Å². The summed E-state index contributed by atoms with van der Waals surface area (Å²) < 4.78 is 56.7. The van der Waals surface area contributed by atoms with Gasteiger partial charge in [0, 0.05) is 22.9 Å². The van der Waals surface area contributed by atoms with Crippen LogP contribution < -0.4 is 10.9 Å². The quantitative estimate of drug-likeness (QED) is 0.0902. The van der Waals surface area contributed by atoms with Crippen LogP contribution in [-0.4, -0.2) is 42.3 Å². The number of fused-ring (bicyclic) bond motifs is 5. The molecule has 4 heterocycles. The van der Waals surface area contributed by atoms with Gasteiger partial charge in [0.1, 0.15) is 24.8 Å². The van der Waals surface area contributed by atoms with E-state index in [1.807, 2.05) is 30.3 Å². The van der Waals surface area contributed by atoms with E-state index >= 15 is 0 Å². The molecular weight excluding hydrogens is 663 g/mol. The number of aromatic nitrogens is 2. The molecule has 13 heteroatoms. The molecule has 1 unspecified atom stereocenters. The van der Waals surface area contributed by atoms with Gasteiger partial charge in [0.25, 0.3) is 15.6 Å². The molecular formula is C37H33FN4O7S.